The first-order valence-electron chi connectivity index (χ1n) is 11.2. The maximum absolute atomic E-state index is 13.8. The summed E-state index contributed by atoms with van der Waals surface area (Å²) in [5.41, 5.74) is 2.89. The Morgan fingerprint density at radius 1 is 1.00 bits per heavy atom. The van der Waals surface area contributed by atoms with Crippen molar-refractivity contribution >= 4 is 23.2 Å². The van der Waals surface area contributed by atoms with Crippen molar-refractivity contribution in [3.05, 3.63) is 59.4 Å². The Balaban J connectivity index is 2.42. The summed E-state index contributed by atoms with van der Waals surface area (Å²) in [6.07, 6.45) is 0.444. The number of carbonyl (C=O) groups is 2. The molecule has 2 amide bonds. The molecule has 2 rings (SSSR count). The van der Waals surface area contributed by atoms with Crippen LogP contribution in [0.1, 0.15) is 57.0 Å². The SMILES string of the molecule is CC(C)CC(=O)Nc1ccc(N(C)C)c(CN(C(=O)c2cccc(F)c2)[C@H](C)C(C)C)c1. The fourth-order valence-corrected chi connectivity index (χ4v) is 3.54. The zero-order chi connectivity index (χ0) is 24.0. The first kappa shape index (κ1) is 25.4. The van der Waals surface area contributed by atoms with Gasteiger partial charge >= 0.3 is 0 Å². The Labute approximate surface area is 191 Å². The van der Waals surface area contributed by atoms with E-state index in [1.54, 1.807) is 17.0 Å². The Bertz CT molecular complexity index is 940. The van der Waals surface area contributed by atoms with Crippen molar-refractivity contribution in [3.8, 4) is 0 Å². The highest BCUT2D eigenvalue weighted by Gasteiger charge is 2.25. The van der Waals surface area contributed by atoms with E-state index in [-0.39, 0.29) is 29.7 Å². The fourth-order valence-electron chi connectivity index (χ4n) is 3.54. The van der Waals surface area contributed by atoms with Crippen LogP contribution in [0.2, 0.25) is 0 Å². The van der Waals surface area contributed by atoms with Gasteiger partial charge in [-0.25, -0.2) is 4.39 Å². The molecule has 0 bridgehead atoms. The van der Waals surface area contributed by atoms with E-state index >= 15 is 0 Å². The van der Waals surface area contributed by atoms with E-state index in [9.17, 15) is 14.0 Å². The number of rotatable bonds is 9. The van der Waals surface area contributed by atoms with Gasteiger partial charge < -0.3 is 15.1 Å². The predicted octanol–water partition coefficient (Wildman–Crippen LogP) is 5.56. The smallest absolute Gasteiger partial charge is 0.254 e. The molecule has 0 saturated heterocycles. The summed E-state index contributed by atoms with van der Waals surface area (Å²) >= 11 is 0. The van der Waals surface area contributed by atoms with Crippen LogP contribution in [-0.2, 0) is 11.3 Å². The van der Waals surface area contributed by atoms with Gasteiger partial charge in [-0.05, 0) is 60.7 Å². The highest BCUT2D eigenvalue weighted by atomic mass is 19.1. The van der Waals surface area contributed by atoms with Gasteiger partial charge in [0, 0.05) is 50.0 Å². The highest BCUT2D eigenvalue weighted by molar-refractivity contribution is 5.94. The van der Waals surface area contributed by atoms with Crippen LogP contribution in [0.5, 0.6) is 0 Å². The number of hydrogen-bond donors (Lipinski definition) is 1. The first-order valence-corrected chi connectivity index (χ1v) is 11.2. The molecule has 2 aromatic rings. The maximum Gasteiger partial charge on any atom is 0.254 e. The lowest BCUT2D eigenvalue weighted by atomic mass is 10.0. The van der Waals surface area contributed by atoms with E-state index in [0.717, 1.165) is 11.3 Å². The molecule has 1 N–H and O–H groups in total. The quantitative estimate of drug-likeness (QED) is 0.554. The number of amides is 2. The minimum absolute atomic E-state index is 0.0354. The van der Waals surface area contributed by atoms with E-state index in [2.05, 4.69) is 19.2 Å². The third kappa shape index (κ3) is 6.81. The largest absolute Gasteiger partial charge is 0.377 e. The second kappa shape index (κ2) is 11.1. The zero-order valence-corrected chi connectivity index (χ0v) is 20.3. The average molecular weight is 442 g/mol. The number of nitrogens with zero attached hydrogens (tertiary/aromatic N) is 2. The monoisotopic (exact) mass is 441 g/mol. The van der Waals surface area contributed by atoms with Crippen LogP contribution in [0.15, 0.2) is 42.5 Å². The van der Waals surface area contributed by atoms with Gasteiger partial charge in [-0.15, -0.1) is 0 Å². The van der Waals surface area contributed by atoms with Crippen LogP contribution in [-0.4, -0.2) is 36.9 Å². The van der Waals surface area contributed by atoms with E-state index in [0.29, 0.717) is 24.2 Å². The molecule has 0 aliphatic rings. The molecule has 174 valence electrons. The summed E-state index contributed by atoms with van der Waals surface area (Å²) in [6, 6.07) is 11.5. The lowest BCUT2D eigenvalue weighted by molar-refractivity contribution is -0.116. The van der Waals surface area contributed by atoms with Crippen LogP contribution >= 0.6 is 0 Å². The van der Waals surface area contributed by atoms with Crippen LogP contribution in [0.3, 0.4) is 0 Å². The third-order valence-electron chi connectivity index (χ3n) is 5.57. The topological polar surface area (TPSA) is 52.7 Å². The molecule has 0 spiro atoms. The Kier molecular flexibility index (Phi) is 8.81. The maximum atomic E-state index is 13.8. The number of halogens is 1. The minimum Gasteiger partial charge on any atom is -0.377 e. The standard InChI is InChI=1S/C26H36FN3O2/c1-17(2)13-25(31)28-23-11-12-24(29(6)7)21(15-23)16-30(19(5)18(3)4)26(32)20-9-8-10-22(27)14-20/h8-12,14-15,17-19H,13,16H2,1-7H3,(H,28,31)/t19-/m1/s1. The van der Waals surface area contributed by atoms with E-state index in [4.69, 9.17) is 0 Å². The predicted molar refractivity (Wildman–Crippen MR) is 129 cm³/mol. The summed E-state index contributed by atoms with van der Waals surface area (Å²) in [5, 5.41) is 2.96. The normalized spacial score (nSPS) is 12.1. The van der Waals surface area contributed by atoms with E-state index in [1.165, 1.54) is 12.1 Å². The van der Waals surface area contributed by atoms with Crippen molar-refractivity contribution in [1.82, 2.24) is 4.90 Å². The van der Waals surface area contributed by atoms with Crippen LogP contribution in [0.25, 0.3) is 0 Å². The minimum atomic E-state index is -0.433. The third-order valence-corrected chi connectivity index (χ3v) is 5.57. The molecular formula is C26H36FN3O2. The second-order valence-corrected chi connectivity index (χ2v) is 9.31. The van der Waals surface area contributed by atoms with Gasteiger partial charge in [-0.1, -0.05) is 33.8 Å². The Morgan fingerprint density at radius 3 is 2.25 bits per heavy atom. The molecule has 1 atom stereocenters. The van der Waals surface area contributed by atoms with Crippen LogP contribution in [0.4, 0.5) is 15.8 Å². The lowest BCUT2D eigenvalue weighted by Gasteiger charge is -2.33. The van der Waals surface area contributed by atoms with Gasteiger partial charge in [-0.3, -0.25) is 9.59 Å². The van der Waals surface area contributed by atoms with E-state index in [1.807, 2.05) is 58.0 Å². The summed E-state index contributed by atoms with van der Waals surface area (Å²) in [7, 11) is 3.89. The van der Waals surface area contributed by atoms with Crippen molar-refractivity contribution in [2.45, 2.75) is 53.6 Å². The van der Waals surface area contributed by atoms with E-state index < -0.39 is 5.82 Å². The lowest BCUT2D eigenvalue weighted by Crippen LogP contribution is -2.41. The summed E-state index contributed by atoms with van der Waals surface area (Å²) < 4.78 is 13.8. The molecular weight excluding hydrogens is 405 g/mol. The molecule has 6 heteroatoms. The molecule has 32 heavy (non-hydrogen) atoms. The van der Waals surface area contributed by atoms with Gasteiger partial charge in [0.25, 0.3) is 5.91 Å². The molecule has 0 aromatic heterocycles. The molecule has 0 saturated carbocycles. The fraction of sp³-hybridized carbons (Fsp3) is 0.462. The molecule has 0 heterocycles. The Morgan fingerprint density at radius 2 is 1.69 bits per heavy atom. The van der Waals surface area contributed by atoms with Gasteiger partial charge in [0.15, 0.2) is 0 Å². The zero-order valence-electron chi connectivity index (χ0n) is 20.3. The molecule has 0 unspecified atom stereocenters. The van der Waals surface area contributed by atoms with Crippen molar-refractivity contribution in [3.63, 3.8) is 0 Å². The highest BCUT2D eigenvalue weighted by Crippen LogP contribution is 2.27. The molecule has 0 aliphatic heterocycles. The average Bonchev–Trinajstić information content (AvgIpc) is 2.70. The number of benzene rings is 2. The van der Waals surface area contributed by atoms with Crippen molar-refractivity contribution in [1.29, 1.82) is 0 Å². The molecule has 5 nitrogen and oxygen atoms in total. The van der Waals surface area contributed by atoms with Gasteiger partial charge in [0.05, 0.1) is 0 Å². The van der Waals surface area contributed by atoms with Gasteiger partial charge in [0.2, 0.25) is 5.91 Å². The molecule has 2 aromatic carbocycles. The van der Waals surface area contributed by atoms with Gasteiger partial charge in [-0.2, -0.15) is 0 Å². The summed E-state index contributed by atoms with van der Waals surface area (Å²) in [4.78, 5) is 29.4. The summed E-state index contributed by atoms with van der Waals surface area (Å²) in [5.74, 6) is -0.209. The van der Waals surface area contributed by atoms with Crippen LogP contribution < -0.4 is 10.2 Å². The number of carbonyl (C=O) groups excluding carboxylic acids is 2. The number of hydrogen-bond acceptors (Lipinski definition) is 3. The van der Waals surface area contributed by atoms with Crippen LogP contribution in [0, 0.1) is 17.7 Å². The Hall–Kier alpha value is -2.89. The summed E-state index contributed by atoms with van der Waals surface area (Å²) in [6.45, 7) is 10.5. The second-order valence-electron chi connectivity index (χ2n) is 9.31. The number of nitrogens with one attached hydrogen (secondary N) is 1. The van der Waals surface area contributed by atoms with Crippen molar-refractivity contribution < 1.29 is 14.0 Å². The van der Waals surface area contributed by atoms with Gasteiger partial charge in [0.1, 0.15) is 5.82 Å². The molecule has 0 aliphatic carbocycles. The molecule has 0 fully saturated rings. The van der Waals surface area contributed by atoms with Crippen molar-refractivity contribution in [2.75, 3.05) is 24.3 Å². The molecule has 0 radical (unpaired) electrons. The first-order chi connectivity index (χ1) is 15.0. The number of anilines is 2. The van der Waals surface area contributed by atoms with Crippen molar-refractivity contribution in [2.24, 2.45) is 11.8 Å².